The number of nitrogens with zero attached hydrogens (tertiary/aromatic N) is 2. The average Bonchev–Trinajstić information content (AvgIpc) is 2.77. The van der Waals surface area contributed by atoms with Gasteiger partial charge in [-0.3, -0.25) is 0 Å². The van der Waals surface area contributed by atoms with Crippen molar-refractivity contribution in [3.63, 3.8) is 0 Å². The van der Waals surface area contributed by atoms with Crippen molar-refractivity contribution in [3.8, 4) is 11.1 Å². The molecule has 3 aromatic rings. The van der Waals surface area contributed by atoms with Gasteiger partial charge in [0, 0.05) is 36.1 Å². The summed E-state index contributed by atoms with van der Waals surface area (Å²) >= 11 is 6.50. The van der Waals surface area contributed by atoms with Gasteiger partial charge >= 0.3 is 0 Å². The van der Waals surface area contributed by atoms with E-state index < -0.39 is 0 Å². The fourth-order valence-corrected chi connectivity index (χ4v) is 4.15. The zero-order valence-corrected chi connectivity index (χ0v) is 17.9. The number of pyridine rings is 2. The van der Waals surface area contributed by atoms with Crippen molar-refractivity contribution in [1.82, 2.24) is 9.97 Å². The first-order valence-corrected chi connectivity index (χ1v) is 10.9. The maximum Gasteiger partial charge on any atom is 0.126 e. The first-order valence-electron chi connectivity index (χ1n) is 10.5. The van der Waals surface area contributed by atoms with Crippen LogP contribution < -0.4 is 16.4 Å². The number of anilines is 2. The molecule has 6 heteroatoms. The molecule has 0 radical (unpaired) electrons. The highest BCUT2D eigenvalue weighted by atomic mass is 35.5. The molecule has 156 valence electrons. The standard InChI is InChI=1S/C24H28ClN5/c1-16(17-5-3-2-4-6-17)29-23-13-18(11-12-27-23)21-14-24(28-15-22(21)25)30-20-9-7-19(26)8-10-20/h2-6,11-16,19-20H,7-10,26H2,1H3,(H,27,29)(H,28,30)/t16-,19?,20?/m1/s1. The SMILES string of the molecule is C[C@@H](Nc1cc(-c2cc(NC3CCC(N)CC3)ncc2Cl)ccn1)c1ccccc1. The third-order valence-electron chi connectivity index (χ3n) is 5.71. The largest absolute Gasteiger partial charge is 0.367 e. The highest BCUT2D eigenvalue weighted by molar-refractivity contribution is 6.33. The Morgan fingerprint density at radius 2 is 1.77 bits per heavy atom. The van der Waals surface area contributed by atoms with Gasteiger partial charge in [-0.25, -0.2) is 9.97 Å². The lowest BCUT2D eigenvalue weighted by Gasteiger charge is -2.27. The summed E-state index contributed by atoms with van der Waals surface area (Å²) in [5.74, 6) is 1.66. The van der Waals surface area contributed by atoms with Gasteiger partial charge in [-0.1, -0.05) is 41.9 Å². The number of nitrogens with one attached hydrogen (secondary N) is 2. The minimum absolute atomic E-state index is 0.150. The predicted molar refractivity (Wildman–Crippen MR) is 125 cm³/mol. The van der Waals surface area contributed by atoms with Crippen LogP contribution in [0.4, 0.5) is 11.6 Å². The Bertz CT molecular complexity index is 970. The molecule has 30 heavy (non-hydrogen) atoms. The van der Waals surface area contributed by atoms with Crippen molar-refractivity contribution in [3.05, 3.63) is 71.5 Å². The summed E-state index contributed by atoms with van der Waals surface area (Å²) in [6, 6.07) is 17.2. The summed E-state index contributed by atoms with van der Waals surface area (Å²) in [4.78, 5) is 8.97. The van der Waals surface area contributed by atoms with Crippen LogP contribution in [-0.2, 0) is 0 Å². The van der Waals surface area contributed by atoms with E-state index in [0.29, 0.717) is 17.1 Å². The molecule has 1 aromatic carbocycles. The van der Waals surface area contributed by atoms with Gasteiger partial charge in [0.05, 0.1) is 5.02 Å². The first-order chi connectivity index (χ1) is 14.6. The minimum atomic E-state index is 0.150. The Morgan fingerprint density at radius 3 is 2.53 bits per heavy atom. The summed E-state index contributed by atoms with van der Waals surface area (Å²) in [5, 5.41) is 7.65. The summed E-state index contributed by atoms with van der Waals surface area (Å²) in [5.41, 5.74) is 9.19. The molecule has 2 aromatic heterocycles. The van der Waals surface area contributed by atoms with Gasteiger partial charge in [0.15, 0.2) is 0 Å². The number of benzene rings is 1. The van der Waals surface area contributed by atoms with Crippen LogP contribution in [0.25, 0.3) is 11.1 Å². The molecule has 0 unspecified atom stereocenters. The molecule has 0 spiro atoms. The quantitative estimate of drug-likeness (QED) is 0.479. The first kappa shape index (κ1) is 20.6. The summed E-state index contributed by atoms with van der Waals surface area (Å²) in [6.07, 6.45) is 7.77. The Kier molecular flexibility index (Phi) is 6.50. The van der Waals surface area contributed by atoms with Gasteiger partial charge < -0.3 is 16.4 Å². The van der Waals surface area contributed by atoms with Crippen LogP contribution in [0.2, 0.25) is 5.02 Å². The van der Waals surface area contributed by atoms with Gasteiger partial charge in [-0.15, -0.1) is 0 Å². The molecule has 4 N–H and O–H groups in total. The number of nitrogens with two attached hydrogens (primary N) is 1. The number of rotatable bonds is 6. The van der Waals surface area contributed by atoms with Gasteiger partial charge in [0.2, 0.25) is 0 Å². The lowest BCUT2D eigenvalue weighted by atomic mass is 9.92. The molecule has 1 aliphatic carbocycles. The van der Waals surface area contributed by atoms with Crippen LogP contribution in [-0.4, -0.2) is 22.1 Å². The average molecular weight is 422 g/mol. The van der Waals surface area contributed by atoms with Gasteiger partial charge in [0.25, 0.3) is 0 Å². The fourth-order valence-electron chi connectivity index (χ4n) is 3.94. The molecule has 5 nitrogen and oxygen atoms in total. The normalized spacial score (nSPS) is 19.8. The van der Waals surface area contributed by atoms with E-state index in [9.17, 15) is 0 Å². The lowest BCUT2D eigenvalue weighted by molar-refractivity contribution is 0.410. The maximum absolute atomic E-state index is 6.50. The second-order valence-corrected chi connectivity index (χ2v) is 8.42. The molecule has 1 atom stereocenters. The summed E-state index contributed by atoms with van der Waals surface area (Å²) in [6.45, 7) is 2.13. The smallest absolute Gasteiger partial charge is 0.126 e. The van der Waals surface area contributed by atoms with E-state index >= 15 is 0 Å². The van der Waals surface area contributed by atoms with Gasteiger partial charge in [0.1, 0.15) is 11.6 Å². The van der Waals surface area contributed by atoms with Crippen LogP contribution in [0.15, 0.2) is 60.9 Å². The second-order valence-electron chi connectivity index (χ2n) is 8.01. The molecule has 0 saturated heterocycles. The van der Waals surface area contributed by atoms with Crippen LogP contribution >= 0.6 is 11.6 Å². The van der Waals surface area contributed by atoms with Crippen molar-refractivity contribution in [2.24, 2.45) is 5.73 Å². The number of aromatic nitrogens is 2. The number of hydrogen-bond acceptors (Lipinski definition) is 5. The monoisotopic (exact) mass is 421 g/mol. The van der Waals surface area contributed by atoms with E-state index in [1.165, 1.54) is 5.56 Å². The Balaban J connectivity index is 1.51. The molecule has 1 aliphatic rings. The molecular weight excluding hydrogens is 394 g/mol. The van der Waals surface area contributed by atoms with Crippen LogP contribution in [0.5, 0.6) is 0 Å². The van der Waals surface area contributed by atoms with E-state index in [1.54, 1.807) is 6.20 Å². The zero-order chi connectivity index (χ0) is 20.9. The van der Waals surface area contributed by atoms with Gasteiger partial charge in [-0.2, -0.15) is 0 Å². The van der Waals surface area contributed by atoms with Crippen molar-refractivity contribution in [2.45, 2.75) is 50.7 Å². The summed E-state index contributed by atoms with van der Waals surface area (Å²) < 4.78 is 0. The molecule has 0 amide bonds. The lowest BCUT2D eigenvalue weighted by Crippen LogP contribution is -2.33. The second kappa shape index (κ2) is 9.45. The molecule has 0 aliphatic heterocycles. The molecule has 1 saturated carbocycles. The van der Waals surface area contributed by atoms with Crippen molar-refractivity contribution in [2.75, 3.05) is 10.6 Å². The Morgan fingerprint density at radius 1 is 1.00 bits per heavy atom. The highest BCUT2D eigenvalue weighted by Crippen LogP contribution is 2.32. The third kappa shape index (κ3) is 5.10. The summed E-state index contributed by atoms with van der Waals surface area (Å²) in [7, 11) is 0. The van der Waals surface area contributed by atoms with E-state index in [-0.39, 0.29) is 6.04 Å². The van der Waals surface area contributed by atoms with Crippen molar-refractivity contribution >= 4 is 23.2 Å². The van der Waals surface area contributed by atoms with E-state index in [1.807, 2.05) is 42.6 Å². The van der Waals surface area contributed by atoms with Crippen LogP contribution in [0.3, 0.4) is 0 Å². The molecular formula is C24H28ClN5. The topological polar surface area (TPSA) is 75.9 Å². The van der Waals surface area contributed by atoms with Crippen molar-refractivity contribution in [1.29, 1.82) is 0 Å². The minimum Gasteiger partial charge on any atom is -0.367 e. The van der Waals surface area contributed by atoms with Crippen molar-refractivity contribution < 1.29 is 0 Å². The molecule has 1 fully saturated rings. The number of hydrogen-bond donors (Lipinski definition) is 3. The molecule has 4 rings (SSSR count). The fraction of sp³-hybridized carbons (Fsp3) is 0.333. The molecule has 0 bridgehead atoms. The predicted octanol–water partition coefficient (Wildman–Crippen LogP) is 5.65. The Hall–Kier alpha value is -2.63. The van der Waals surface area contributed by atoms with Crippen LogP contribution in [0, 0.1) is 0 Å². The number of halogens is 1. The van der Waals surface area contributed by atoms with Crippen LogP contribution in [0.1, 0.15) is 44.2 Å². The van der Waals surface area contributed by atoms with E-state index in [2.05, 4.69) is 39.7 Å². The van der Waals surface area contributed by atoms with E-state index in [0.717, 1.165) is 48.4 Å². The molecule has 2 heterocycles. The van der Waals surface area contributed by atoms with E-state index in [4.69, 9.17) is 17.3 Å². The maximum atomic E-state index is 6.50. The highest BCUT2D eigenvalue weighted by Gasteiger charge is 2.19. The zero-order valence-electron chi connectivity index (χ0n) is 17.2. The third-order valence-corrected chi connectivity index (χ3v) is 6.02. The van der Waals surface area contributed by atoms with Gasteiger partial charge in [-0.05, 0) is 61.9 Å². The Labute approximate surface area is 183 Å².